The van der Waals surface area contributed by atoms with Crippen LogP contribution >= 0.6 is 39.3 Å². The summed E-state index contributed by atoms with van der Waals surface area (Å²) in [6.45, 7) is 0. The third-order valence-corrected chi connectivity index (χ3v) is 6.38. The number of benzene rings is 3. The first-order valence-electron chi connectivity index (χ1n) is 9.07. The second-order valence-corrected chi connectivity index (χ2v) is 8.92. The number of para-hydroxylation sites is 1. The van der Waals surface area contributed by atoms with Gasteiger partial charge < -0.3 is 5.11 Å². The van der Waals surface area contributed by atoms with Crippen molar-refractivity contribution in [2.45, 2.75) is 5.72 Å². The van der Waals surface area contributed by atoms with Gasteiger partial charge in [0.15, 0.2) is 10.9 Å². The monoisotopic (exact) mass is 501 g/mol. The molecule has 0 unspecified atom stereocenters. The van der Waals surface area contributed by atoms with Gasteiger partial charge in [0.2, 0.25) is 0 Å². The molecule has 1 fully saturated rings. The Bertz CT molecular complexity index is 1100. The maximum absolute atomic E-state index is 12.9. The average Bonchev–Trinajstić information content (AvgIpc) is 3.06. The van der Waals surface area contributed by atoms with Crippen LogP contribution in [0.3, 0.4) is 0 Å². The zero-order valence-corrected chi connectivity index (χ0v) is 18.8. The Morgan fingerprint density at radius 1 is 1.10 bits per heavy atom. The van der Waals surface area contributed by atoms with E-state index in [0.29, 0.717) is 27.1 Å². The molecule has 2 N–H and O–H groups in total. The molecule has 5 nitrogen and oxygen atoms in total. The van der Waals surface area contributed by atoms with E-state index in [1.54, 1.807) is 24.3 Å². The van der Waals surface area contributed by atoms with E-state index in [1.165, 1.54) is 16.8 Å². The van der Waals surface area contributed by atoms with E-state index in [-0.39, 0.29) is 5.91 Å². The van der Waals surface area contributed by atoms with Gasteiger partial charge in [0.05, 0.1) is 11.4 Å². The molecule has 0 spiro atoms. The van der Waals surface area contributed by atoms with Crippen LogP contribution < -0.4 is 5.43 Å². The molecule has 8 heteroatoms. The smallest absolute Gasteiger partial charge is 0.269 e. The van der Waals surface area contributed by atoms with E-state index in [2.05, 4.69) is 26.3 Å². The molecule has 1 aliphatic rings. The van der Waals surface area contributed by atoms with E-state index in [0.717, 1.165) is 10.2 Å². The number of rotatable bonds is 4. The number of halogens is 2. The lowest BCUT2D eigenvalue weighted by Crippen LogP contribution is -2.54. The SMILES string of the molecule is O=C(NN1C(=Nc2ccccc2)SC[C@]1(O)c1cccc(Br)c1)c1ccc(Cl)cc1. The number of hydrogen-bond acceptors (Lipinski definition) is 4. The summed E-state index contributed by atoms with van der Waals surface area (Å²) >= 11 is 10.7. The summed E-state index contributed by atoms with van der Waals surface area (Å²) in [5.41, 5.74) is 3.15. The highest BCUT2D eigenvalue weighted by atomic mass is 79.9. The predicted molar refractivity (Wildman–Crippen MR) is 125 cm³/mol. The first-order valence-corrected chi connectivity index (χ1v) is 11.2. The van der Waals surface area contributed by atoms with Crippen LogP contribution in [0.2, 0.25) is 5.02 Å². The summed E-state index contributed by atoms with van der Waals surface area (Å²) in [5, 5.41) is 14.1. The quantitative estimate of drug-likeness (QED) is 0.506. The topological polar surface area (TPSA) is 64.9 Å². The van der Waals surface area contributed by atoms with Crippen molar-refractivity contribution in [2.24, 2.45) is 4.99 Å². The number of amidine groups is 1. The Kier molecular flexibility index (Phi) is 6.15. The van der Waals surface area contributed by atoms with Crippen LogP contribution in [0.25, 0.3) is 0 Å². The van der Waals surface area contributed by atoms with Gasteiger partial charge in [-0.05, 0) is 48.5 Å². The number of hydrogen-bond donors (Lipinski definition) is 2. The van der Waals surface area contributed by atoms with Crippen LogP contribution in [-0.4, -0.2) is 26.9 Å². The van der Waals surface area contributed by atoms with Gasteiger partial charge in [0, 0.05) is 20.6 Å². The Morgan fingerprint density at radius 2 is 1.83 bits per heavy atom. The third kappa shape index (κ3) is 4.39. The molecule has 1 saturated heterocycles. The fourth-order valence-corrected chi connectivity index (χ4v) is 4.65. The molecule has 3 aromatic rings. The van der Waals surface area contributed by atoms with Crippen molar-refractivity contribution in [2.75, 3.05) is 5.75 Å². The molecule has 0 aliphatic carbocycles. The van der Waals surface area contributed by atoms with Crippen molar-refractivity contribution in [1.29, 1.82) is 0 Å². The number of carbonyl (C=O) groups is 1. The van der Waals surface area contributed by atoms with E-state index >= 15 is 0 Å². The van der Waals surface area contributed by atoms with Gasteiger partial charge in [-0.2, -0.15) is 0 Å². The highest BCUT2D eigenvalue weighted by Gasteiger charge is 2.46. The highest BCUT2D eigenvalue weighted by Crippen LogP contribution is 2.39. The minimum atomic E-state index is -1.47. The highest BCUT2D eigenvalue weighted by molar-refractivity contribution is 9.10. The number of amides is 1. The molecule has 4 rings (SSSR count). The van der Waals surface area contributed by atoms with Gasteiger partial charge in [-0.15, -0.1) is 0 Å². The first-order chi connectivity index (χ1) is 14.5. The Labute approximate surface area is 191 Å². The molecule has 1 amide bonds. The molecule has 0 aromatic heterocycles. The van der Waals surface area contributed by atoms with Gasteiger partial charge in [0.25, 0.3) is 5.91 Å². The Morgan fingerprint density at radius 3 is 2.53 bits per heavy atom. The van der Waals surface area contributed by atoms with Gasteiger partial charge in [-0.1, -0.05) is 69.6 Å². The number of nitrogens with one attached hydrogen (secondary N) is 1. The van der Waals surface area contributed by atoms with Crippen LogP contribution in [0, 0.1) is 0 Å². The number of aliphatic imine (C=N–C) groups is 1. The molecule has 1 atom stereocenters. The van der Waals surface area contributed by atoms with Gasteiger partial charge >= 0.3 is 0 Å². The van der Waals surface area contributed by atoms with Crippen LogP contribution in [0.1, 0.15) is 15.9 Å². The van der Waals surface area contributed by atoms with Crippen molar-refractivity contribution in [3.8, 4) is 0 Å². The molecule has 1 heterocycles. The summed E-state index contributed by atoms with van der Waals surface area (Å²) < 4.78 is 0.829. The zero-order chi connectivity index (χ0) is 21.1. The first kappa shape index (κ1) is 20.9. The molecule has 30 heavy (non-hydrogen) atoms. The maximum atomic E-state index is 12.9. The predicted octanol–water partition coefficient (Wildman–Crippen LogP) is 5.33. The second kappa shape index (κ2) is 8.81. The lowest BCUT2D eigenvalue weighted by molar-refractivity contribution is -0.0676. The van der Waals surface area contributed by atoms with Crippen LogP contribution in [0.4, 0.5) is 5.69 Å². The number of thioether (sulfide) groups is 1. The normalized spacial score (nSPS) is 19.8. The lowest BCUT2D eigenvalue weighted by Gasteiger charge is -2.34. The Balaban J connectivity index is 1.72. The van der Waals surface area contributed by atoms with E-state index in [1.807, 2.05) is 54.6 Å². The van der Waals surface area contributed by atoms with Gasteiger partial charge in [-0.25, -0.2) is 10.0 Å². The van der Waals surface area contributed by atoms with E-state index in [9.17, 15) is 9.90 Å². The van der Waals surface area contributed by atoms with Crippen molar-refractivity contribution >= 4 is 56.1 Å². The fraction of sp³-hybridized carbons (Fsp3) is 0.0909. The molecule has 1 aliphatic heterocycles. The molecular formula is C22H17BrClN3O2S. The minimum absolute atomic E-state index is 0.302. The number of hydrazine groups is 1. The maximum Gasteiger partial charge on any atom is 0.269 e. The lowest BCUT2D eigenvalue weighted by atomic mass is 10.0. The number of nitrogens with zero attached hydrogens (tertiary/aromatic N) is 2. The van der Waals surface area contributed by atoms with Gasteiger partial charge in [-0.3, -0.25) is 10.2 Å². The standard InChI is InChI=1S/C22H17BrClN3O2S/c23-17-6-4-5-16(13-17)22(29)14-30-21(25-19-7-2-1-3-8-19)27(22)26-20(28)15-9-11-18(24)12-10-15/h1-13,29H,14H2,(H,26,28)/t22-/m0/s1. The van der Waals surface area contributed by atoms with E-state index in [4.69, 9.17) is 11.6 Å². The fourth-order valence-electron chi connectivity index (χ4n) is 3.01. The molecular weight excluding hydrogens is 486 g/mol. The zero-order valence-electron chi connectivity index (χ0n) is 15.6. The molecule has 0 bridgehead atoms. The summed E-state index contributed by atoms with van der Waals surface area (Å²) in [7, 11) is 0. The molecule has 0 saturated carbocycles. The second-order valence-electron chi connectivity index (χ2n) is 6.63. The summed E-state index contributed by atoms with van der Waals surface area (Å²) in [6.07, 6.45) is 0. The number of carbonyl (C=O) groups excluding carboxylic acids is 1. The van der Waals surface area contributed by atoms with Crippen molar-refractivity contribution < 1.29 is 9.90 Å². The average molecular weight is 503 g/mol. The van der Waals surface area contributed by atoms with Crippen molar-refractivity contribution in [3.05, 3.63) is 99.5 Å². The van der Waals surface area contributed by atoms with Gasteiger partial charge in [0.1, 0.15) is 0 Å². The van der Waals surface area contributed by atoms with Crippen molar-refractivity contribution in [3.63, 3.8) is 0 Å². The Hall–Kier alpha value is -2.32. The van der Waals surface area contributed by atoms with E-state index < -0.39 is 5.72 Å². The van der Waals surface area contributed by atoms with Crippen molar-refractivity contribution in [1.82, 2.24) is 10.4 Å². The molecule has 3 aromatic carbocycles. The summed E-state index contributed by atoms with van der Waals surface area (Å²) in [6, 6.07) is 23.3. The summed E-state index contributed by atoms with van der Waals surface area (Å²) in [4.78, 5) is 17.6. The third-order valence-electron chi connectivity index (χ3n) is 4.55. The molecule has 152 valence electrons. The largest absolute Gasteiger partial charge is 0.365 e. The van der Waals surface area contributed by atoms with Crippen LogP contribution in [0.15, 0.2) is 88.3 Å². The summed E-state index contributed by atoms with van der Waals surface area (Å²) in [5.74, 6) is -0.0703. The number of aliphatic hydroxyl groups is 1. The van der Waals surface area contributed by atoms with Crippen LogP contribution in [-0.2, 0) is 5.72 Å². The minimum Gasteiger partial charge on any atom is -0.365 e. The van der Waals surface area contributed by atoms with Crippen LogP contribution in [0.5, 0.6) is 0 Å². The molecule has 0 radical (unpaired) electrons.